The van der Waals surface area contributed by atoms with E-state index in [0.717, 1.165) is 12.3 Å². The highest BCUT2D eigenvalue weighted by molar-refractivity contribution is 5.79. The molecule has 14 heavy (non-hydrogen) atoms. The fourth-order valence-electron chi connectivity index (χ4n) is 2.31. The summed E-state index contributed by atoms with van der Waals surface area (Å²) in [5.74, 6) is 0.515. The van der Waals surface area contributed by atoms with Crippen LogP contribution >= 0.6 is 0 Å². The molecule has 0 radical (unpaired) electrons. The molecule has 1 rings (SSSR count). The second-order valence-corrected chi connectivity index (χ2v) is 4.36. The van der Waals surface area contributed by atoms with Gasteiger partial charge in [-0.3, -0.25) is 4.79 Å². The molecule has 3 heteroatoms. The second-order valence-electron chi connectivity index (χ2n) is 4.36. The maximum absolute atomic E-state index is 11.0. The molecule has 0 aromatic rings. The van der Waals surface area contributed by atoms with E-state index < -0.39 is 0 Å². The van der Waals surface area contributed by atoms with Gasteiger partial charge in [0.15, 0.2) is 0 Å². The standard InChI is InChI=1S/C11H22N2O/c1-3-10(11(12)14)13-8(2)9-6-4-5-7-9/h8-10,13H,3-7H2,1-2H3,(H2,12,14)/t8-,10?/m0/s1. The summed E-state index contributed by atoms with van der Waals surface area (Å²) in [5.41, 5.74) is 5.29. The van der Waals surface area contributed by atoms with Crippen LogP contribution in [0.2, 0.25) is 0 Å². The molecule has 0 spiro atoms. The molecular formula is C11H22N2O. The number of carbonyl (C=O) groups is 1. The summed E-state index contributed by atoms with van der Waals surface area (Å²) in [4.78, 5) is 11.0. The van der Waals surface area contributed by atoms with Crippen LogP contribution in [-0.4, -0.2) is 18.0 Å². The Kier molecular flexibility index (Phi) is 4.39. The van der Waals surface area contributed by atoms with E-state index >= 15 is 0 Å². The second kappa shape index (κ2) is 5.35. The van der Waals surface area contributed by atoms with E-state index in [-0.39, 0.29) is 11.9 Å². The van der Waals surface area contributed by atoms with E-state index in [1.165, 1.54) is 25.7 Å². The molecule has 2 atom stereocenters. The lowest BCUT2D eigenvalue weighted by atomic mass is 9.98. The maximum Gasteiger partial charge on any atom is 0.234 e. The van der Waals surface area contributed by atoms with Gasteiger partial charge in [0.05, 0.1) is 6.04 Å². The average molecular weight is 198 g/mol. The van der Waals surface area contributed by atoms with Gasteiger partial charge in [-0.2, -0.15) is 0 Å². The predicted molar refractivity (Wildman–Crippen MR) is 57.8 cm³/mol. The third-order valence-corrected chi connectivity index (χ3v) is 3.32. The smallest absolute Gasteiger partial charge is 0.234 e. The van der Waals surface area contributed by atoms with Crippen LogP contribution in [-0.2, 0) is 4.79 Å². The highest BCUT2D eigenvalue weighted by atomic mass is 16.1. The van der Waals surface area contributed by atoms with Gasteiger partial charge in [0.2, 0.25) is 5.91 Å². The minimum Gasteiger partial charge on any atom is -0.368 e. The zero-order valence-electron chi connectivity index (χ0n) is 9.25. The minimum absolute atomic E-state index is 0.148. The maximum atomic E-state index is 11.0. The van der Waals surface area contributed by atoms with Crippen LogP contribution in [0.4, 0.5) is 0 Å². The zero-order valence-corrected chi connectivity index (χ0v) is 9.25. The number of hydrogen-bond acceptors (Lipinski definition) is 2. The van der Waals surface area contributed by atoms with Crippen LogP contribution in [0.25, 0.3) is 0 Å². The van der Waals surface area contributed by atoms with Crippen LogP contribution in [0.3, 0.4) is 0 Å². The van der Waals surface area contributed by atoms with Crippen molar-refractivity contribution >= 4 is 5.91 Å². The molecule has 3 nitrogen and oxygen atoms in total. The number of primary amides is 1. The number of amides is 1. The number of nitrogens with two attached hydrogens (primary N) is 1. The predicted octanol–water partition coefficient (Wildman–Crippen LogP) is 1.42. The molecular weight excluding hydrogens is 176 g/mol. The molecule has 0 bridgehead atoms. The number of rotatable bonds is 5. The number of nitrogens with one attached hydrogen (secondary N) is 1. The van der Waals surface area contributed by atoms with Crippen LogP contribution in [0.5, 0.6) is 0 Å². The highest BCUT2D eigenvalue weighted by Crippen LogP contribution is 2.27. The molecule has 1 saturated carbocycles. The van der Waals surface area contributed by atoms with E-state index in [4.69, 9.17) is 5.73 Å². The van der Waals surface area contributed by atoms with E-state index in [1.807, 2.05) is 6.92 Å². The molecule has 1 amide bonds. The molecule has 1 unspecified atom stereocenters. The SMILES string of the molecule is CCC(N[C@@H](C)C1CCCC1)C(N)=O. The van der Waals surface area contributed by atoms with E-state index in [0.29, 0.717) is 6.04 Å². The monoisotopic (exact) mass is 198 g/mol. The lowest BCUT2D eigenvalue weighted by molar-refractivity contribution is -0.120. The minimum atomic E-state index is -0.225. The molecule has 0 aromatic heterocycles. The molecule has 0 saturated heterocycles. The molecule has 3 N–H and O–H groups in total. The number of carbonyl (C=O) groups excluding carboxylic acids is 1. The van der Waals surface area contributed by atoms with Gasteiger partial charge < -0.3 is 11.1 Å². The Labute approximate surface area is 86.4 Å². The average Bonchev–Trinajstić information content (AvgIpc) is 2.65. The normalized spacial score (nSPS) is 22.1. The first-order valence-electron chi connectivity index (χ1n) is 5.70. The third-order valence-electron chi connectivity index (χ3n) is 3.32. The summed E-state index contributed by atoms with van der Waals surface area (Å²) in [7, 11) is 0. The van der Waals surface area contributed by atoms with E-state index in [1.54, 1.807) is 0 Å². The zero-order chi connectivity index (χ0) is 10.6. The molecule has 0 aromatic carbocycles. The van der Waals surface area contributed by atoms with Crippen molar-refractivity contribution in [3.63, 3.8) is 0 Å². The summed E-state index contributed by atoms with van der Waals surface area (Å²) in [6.45, 7) is 4.16. The van der Waals surface area contributed by atoms with Gasteiger partial charge in [0.1, 0.15) is 0 Å². The van der Waals surface area contributed by atoms with Gasteiger partial charge in [0.25, 0.3) is 0 Å². The van der Waals surface area contributed by atoms with Crippen LogP contribution < -0.4 is 11.1 Å². The fraction of sp³-hybridized carbons (Fsp3) is 0.909. The molecule has 1 aliphatic rings. The first kappa shape index (κ1) is 11.5. The summed E-state index contributed by atoms with van der Waals surface area (Å²) in [5, 5.41) is 3.33. The van der Waals surface area contributed by atoms with Crippen molar-refractivity contribution in [2.24, 2.45) is 11.7 Å². The van der Waals surface area contributed by atoms with Crippen LogP contribution in [0.1, 0.15) is 46.0 Å². The lowest BCUT2D eigenvalue weighted by Gasteiger charge is -2.24. The van der Waals surface area contributed by atoms with Crippen LogP contribution in [0, 0.1) is 5.92 Å². The van der Waals surface area contributed by atoms with Gasteiger partial charge in [-0.15, -0.1) is 0 Å². The highest BCUT2D eigenvalue weighted by Gasteiger charge is 2.24. The molecule has 0 heterocycles. The van der Waals surface area contributed by atoms with Crippen molar-refractivity contribution in [2.75, 3.05) is 0 Å². The molecule has 0 aliphatic heterocycles. The lowest BCUT2D eigenvalue weighted by Crippen LogP contribution is -2.47. The Balaban J connectivity index is 2.37. The van der Waals surface area contributed by atoms with Crippen molar-refractivity contribution in [3.8, 4) is 0 Å². The van der Waals surface area contributed by atoms with Crippen molar-refractivity contribution in [2.45, 2.75) is 58.0 Å². The summed E-state index contributed by atoms with van der Waals surface area (Å²) in [6.07, 6.45) is 6.05. The van der Waals surface area contributed by atoms with Crippen molar-refractivity contribution in [1.29, 1.82) is 0 Å². The Morgan fingerprint density at radius 2 is 2.07 bits per heavy atom. The van der Waals surface area contributed by atoms with E-state index in [2.05, 4.69) is 12.2 Å². The quantitative estimate of drug-likeness (QED) is 0.702. The Morgan fingerprint density at radius 3 is 2.50 bits per heavy atom. The molecule has 1 fully saturated rings. The fourth-order valence-corrected chi connectivity index (χ4v) is 2.31. The van der Waals surface area contributed by atoms with Crippen molar-refractivity contribution in [3.05, 3.63) is 0 Å². The van der Waals surface area contributed by atoms with Crippen LogP contribution in [0.15, 0.2) is 0 Å². The van der Waals surface area contributed by atoms with Gasteiger partial charge in [0, 0.05) is 6.04 Å². The Morgan fingerprint density at radius 1 is 1.50 bits per heavy atom. The van der Waals surface area contributed by atoms with Gasteiger partial charge in [-0.1, -0.05) is 19.8 Å². The topological polar surface area (TPSA) is 55.1 Å². The van der Waals surface area contributed by atoms with E-state index in [9.17, 15) is 4.79 Å². The first-order chi connectivity index (χ1) is 6.65. The largest absolute Gasteiger partial charge is 0.368 e. The molecule has 82 valence electrons. The summed E-state index contributed by atoms with van der Waals surface area (Å²) < 4.78 is 0. The summed E-state index contributed by atoms with van der Waals surface area (Å²) >= 11 is 0. The first-order valence-corrected chi connectivity index (χ1v) is 5.70. The Bertz CT molecular complexity index is 188. The van der Waals surface area contributed by atoms with Gasteiger partial charge in [-0.05, 0) is 32.1 Å². The van der Waals surface area contributed by atoms with Gasteiger partial charge >= 0.3 is 0 Å². The summed E-state index contributed by atoms with van der Waals surface area (Å²) in [6, 6.07) is 0.278. The van der Waals surface area contributed by atoms with Crippen molar-refractivity contribution < 1.29 is 4.79 Å². The molecule has 1 aliphatic carbocycles. The number of hydrogen-bond donors (Lipinski definition) is 2. The van der Waals surface area contributed by atoms with Gasteiger partial charge in [-0.25, -0.2) is 0 Å². The third kappa shape index (κ3) is 2.98. The Hall–Kier alpha value is -0.570. The van der Waals surface area contributed by atoms with Crippen molar-refractivity contribution in [1.82, 2.24) is 5.32 Å².